The van der Waals surface area contributed by atoms with E-state index in [-0.39, 0.29) is 17.8 Å². The van der Waals surface area contributed by atoms with Crippen molar-refractivity contribution >= 4 is 23.4 Å². The molecule has 0 saturated carbocycles. The smallest absolute Gasteiger partial charge is 0.336 e. The lowest BCUT2D eigenvalue weighted by Crippen LogP contribution is -2.09. The summed E-state index contributed by atoms with van der Waals surface area (Å²) in [6.45, 7) is 0. The van der Waals surface area contributed by atoms with Crippen molar-refractivity contribution in [1.29, 1.82) is 0 Å². The maximum absolute atomic E-state index is 12.0. The Hall–Kier alpha value is -2.13. The average molecular weight is 275 g/mol. The van der Waals surface area contributed by atoms with Crippen LogP contribution in [0.25, 0.3) is 0 Å². The summed E-state index contributed by atoms with van der Waals surface area (Å²) in [5, 5.41) is 9.44. The number of ketones is 1. The standard InChI is InChI=1S/C15H11ClO3/c16-12-7-6-11(13(9-12)15(18)19)8-14(17)10-4-2-1-3-5-10/h1-7,9H,8H2,(H,18,19). The average Bonchev–Trinajstić information content (AvgIpc) is 2.41. The molecule has 0 aliphatic rings. The van der Waals surface area contributed by atoms with E-state index >= 15 is 0 Å². The molecule has 0 radical (unpaired) electrons. The highest BCUT2D eigenvalue weighted by Crippen LogP contribution is 2.18. The molecule has 0 atom stereocenters. The fourth-order valence-corrected chi connectivity index (χ4v) is 1.97. The number of hydrogen-bond donors (Lipinski definition) is 1. The van der Waals surface area contributed by atoms with Crippen LogP contribution in [0.4, 0.5) is 0 Å². The summed E-state index contributed by atoms with van der Waals surface area (Å²) in [6, 6.07) is 13.3. The van der Waals surface area contributed by atoms with Gasteiger partial charge in [0.2, 0.25) is 0 Å². The van der Waals surface area contributed by atoms with Crippen LogP contribution in [0.5, 0.6) is 0 Å². The van der Waals surface area contributed by atoms with Gasteiger partial charge in [-0.05, 0) is 17.7 Å². The van der Waals surface area contributed by atoms with Gasteiger partial charge in [0.05, 0.1) is 5.56 Å². The normalized spacial score (nSPS) is 10.2. The number of hydrogen-bond acceptors (Lipinski definition) is 2. The number of rotatable bonds is 4. The van der Waals surface area contributed by atoms with Gasteiger partial charge in [-0.25, -0.2) is 4.79 Å². The summed E-state index contributed by atoms with van der Waals surface area (Å²) in [7, 11) is 0. The molecular formula is C15H11ClO3. The Morgan fingerprint density at radius 2 is 1.74 bits per heavy atom. The van der Waals surface area contributed by atoms with Crippen molar-refractivity contribution in [2.75, 3.05) is 0 Å². The van der Waals surface area contributed by atoms with E-state index in [2.05, 4.69) is 0 Å². The van der Waals surface area contributed by atoms with Crippen LogP contribution in [-0.2, 0) is 6.42 Å². The Labute approximate surface area is 115 Å². The van der Waals surface area contributed by atoms with E-state index in [4.69, 9.17) is 16.7 Å². The molecule has 0 unspecified atom stereocenters. The molecule has 0 spiro atoms. The fourth-order valence-electron chi connectivity index (χ4n) is 1.80. The molecule has 0 fully saturated rings. The molecule has 0 amide bonds. The van der Waals surface area contributed by atoms with Crippen LogP contribution >= 0.6 is 11.6 Å². The summed E-state index contributed by atoms with van der Waals surface area (Å²) in [5.74, 6) is -1.20. The predicted octanol–water partition coefficient (Wildman–Crippen LogP) is 3.46. The lowest BCUT2D eigenvalue weighted by Gasteiger charge is -2.06. The Balaban J connectivity index is 2.29. The monoisotopic (exact) mass is 274 g/mol. The highest BCUT2D eigenvalue weighted by atomic mass is 35.5. The van der Waals surface area contributed by atoms with Crippen molar-refractivity contribution in [1.82, 2.24) is 0 Å². The number of carboxylic acid groups (broad SMARTS) is 1. The van der Waals surface area contributed by atoms with Crippen molar-refractivity contribution in [3.8, 4) is 0 Å². The molecule has 3 nitrogen and oxygen atoms in total. The molecule has 0 aliphatic carbocycles. The summed E-state index contributed by atoms with van der Waals surface area (Å²) in [6.07, 6.45) is 0.0445. The van der Waals surface area contributed by atoms with Gasteiger partial charge in [-0.15, -0.1) is 0 Å². The van der Waals surface area contributed by atoms with Gasteiger partial charge >= 0.3 is 5.97 Å². The highest BCUT2D eigenvalue weighted by Gasteiger charge is 2.14. The third-order valence-electron chi connectivity index (χ3n) is 2.75. The minimum absolute atomic E-state index is 0.0445. The van der Waals surface area contributed by atoms with Gasteiger partial charge in [0, 0.05) is 17.0 Å². The third kappa shape index (κ3) is 3.20. The van der Waals surface area contributed by atoms with Gasteiger partial charge in [0.1, 0.15) is 0 Å². The van der Waals surface area contributed by atoms with Crippen LogP contribution in [0.3, 0.4) is 0 Å². The highest BCUT2D eigenvalue weighted by molar-refractivity contribution is 6.31. The number of benzene rings is 2. The lowest BCUT2D eigenvalue weighted by atomic mass is 9.99. The summed E-state index contributed by atoms with van der Waals surface area (Å²) in [5.41, 5.74) is 1.09. The molecule has 2 rings (SSSR count). The largest absolute Gasteiger partial charge is 0.478 e. The van der Waals surface area contributed by atoms with Gasteiger partial charge < -0.3 is 5.11 Å². The summed E-state index contributed by atoms with van der Waals surface area (Å²) in [4.78, 5) is 23.2. The molecule has 0 heterocycles. The molecule has 0 bridgehead atoms. The van der Waals surface area contributed by atoms with E-state index in [1.807, 2.05) is 6.07 Å². The number of halogens is 1. The van der Waals surface area contributed by atoms with Crippen molar-refractivity contribution in [3.05, 3.63) is 70.2 Å². The first-order valence-corrected chi connectivity index (χ1v) is 6.05. The molecular weight excluding hydrogens is 264 g/mol. The quantitative estimate of drug-likeness (QED) is 0.869. The Morgan fingerprint density at radius 3 is 2.37 bits per heavy atom. The zero-order valence-corrected chi connectivity index (χ0v) is 10.7. The molecule has 2 aromatic carbocycles. The Bertz CT molecular complexity index is 621. The van der Waals surface area contributed by atoms with Crippen LogP contribution in [0.2, 0.25) is 5.02 Å². The van der Waals surface area contributed by atoms with E-state index in [9.17, 15) is 9.59 Å². The minimum atomic E-state index is -1.08. The van der Waals surface area contributed by atoms with Crippen molar-refractivity contribution in [3.63, 3.8) is 0 Å². The fraction of sp³-hybridized carbons (Fsp3) is 0.0667. The van der Waals surface area contributed by atoms with E-state index in [0.29, 0.717) is 16.1 Å². The van der Waals surface area contributed by atoms with E-state index in [1.54, 1.807) is 36.4 Å². The van der Waals surface area contributed by atoms with Crippen LogP contribution < -0.4 is 0 Å². The molecule has 0 aromatic heterocycles. The maximum Gasteiger partial charge on any atom is 0.336 e. The molecule has 19 heavy (non-hydrogen) atoms. The van der Waals surface area contributed by atoms with Crippen molar-refractivity contribution < 1.29 is 14.7 Å². The number of carboxylic acids is 1. The Morgan fingerprint density at radius 1 is 1.05 bits per heavy atom. The predicted molar refractivity (Wildman–Crippen MR) is 72.9 cm³/mol. The molecule has 1 N–H and O–H groups in total. The van der Waals surface area contributed by atoms with Gasteiger partial charge in [0.15, 0.2) is 5.78 Å². The zero-order valence-electron chi connectivity index (χ0n) is 9.97. The molecule has 0 aliphatic heterocycles. The molecule has 2 aromatic rings. The topological polar surface area (TPSA) is 54.4 Å². The first kappa shape index (κ1) is 13.3. The maximum atomic E-state index is 12.0. The lowest BCUT2D eigenvalue weighted by molar-refractivity contribution is 0.0696. The van der Waals surface area contributed by atoms with Crippen LogP contribution in [0, 0.1) is 0 Å². The van der Waals surface area contributed by atoms with Crippen molar-refractivity contribution in [2.45, 2.75) is 6.42 Å². The SMILES string of the molecule is O=C(Cc1ccc(Cl)cc1C(=O)O)c1ccccc1. The van der Waals surface area contributed by atoms with Gasteiger partial charge in [0.25, 0.3) is 0 Å². The van der Waals surface area contributed by atoms with Gasteiger partial charge in [-0.1, -0.05) is 48.0 Å². The number of carbonyl (C=O) groups excluding carboxylic acids is 1. The summed E-state index contributed by atoms with van der Waals surface area (Å²) >= 11 is 5.77. The zero-order chi connectivity index (χ0) is 13.8. The molecule has 4 heteroatoms. The van der Waals surface area contributed by atoms with Crippen LogP contribution in [0.15, 0.2) is 48.5 Å². The van der Waals surface area contributed by atoms with Crippen LogP contribution in [-0.4, -0.2) is 16.9 Å². The van der Waals surface area contributed by atoms with E-state index < -0.39 is 5.97 Å². The van der Waals surface area contributed by atoms with Crippen molar-refractivity contribution in [2.24, 2.45) is 0 Å². The van der Waals surface area contributed by atoms with E-state index in [0.717, 1.165) is 0 Å². The third-order valence-corrected chi connectivity index (χ3v) is 2.98. The summed E-state index contributed by atoms with van der Waals surface area (Å²) < 4.78 is 0. The first-order valence-electron chi connectivity index (χ1n) is 5.68. The minimum Gasteiger partial charge on any atom is -0.478 e. The second kappa shape index (κ2) is 5.67. The van der Waals surface area contributed by atoms with E-state index in [1.165, 1.54) is 6.07 Å². The second-order valence-electron chi connectivity index (χ2n) is 4.07. The number of carbonyl (C=O) groups is 2. The van der Waals surface area contributed by atoms with Crippen LogP contribution in [0.1, 0.15) is 26.3 Å². The van der Waals surface area contributed by atoms with Gasteiger partial charge in [-0.3, -0.25) is 4.79 Å². The van der Waals surface area contributed by atoms with Gasteiger partial charge in [-0.2, -0.15) is 0 Å². The second-order valence-corrected chi connectivity index (χ2v) is 4.51. The number of Topliss-reactive ketones (excluding diaryl/α,β-unsaturated/α-hetero) is 1. The molecule has 96 valence electrons. The Kier molecular flexibility index (Phi) is 3.97. The first-order chi connectivity index (χ1) is 9.08. The number of aromatic carboxylic acids is 1. The molecule has 0 saturated heterocycles.